The first kappa shape index (κ1) is 14.3. The normalized spacial score (nSPS) is 40.7. The molecule has 0 spiro atoms. The van der Waals surface area contributed by atoms with Crippen LogP contribution in [0.4, 0.5) is 0 Å². The van der Waals surface area contributed by atoms with Crippen molar-refractivity contribution >= 4 is 0 Å². The van der Waals surface area contributed by atoms with Crippen molar-refractivity contribution in [3.05, 3.63) is 0 Å². The molecule has 2 aliphatic rings. The maximum atomic E-state index is 6.14. The largest absolute Gasteiger partial charge is 0.329 e. The molecule has 0 amide bonds. The molecule has 0 radical (unpaired) electrons. The Morgan fingerprint density at radius 1 is 1.11 bits per heavy atom. The molecule has 0 heterocycles. The molecule has 2 nitrogen and oxygen atoms in total. The Morgan fingerprint density at radius 2 is 1.89 bits per heavy atom. The van der Waals surface area contributed by atoms with E-state index in [1.165, 1.54) is 51.4 Å². The summed E-state index contributed by atoms with van der Waals surface area (Å²) in [7, 11) is 0. The van der Waals surface area contributed by atoms with Crippen LogP contribution in [0.1, 0.15) is 72.1 Å². The topological polar surface area (TPSA) is 38.0 Å². The smallest absolute Gasteiger partial charge is 0.0306 e. The maximum Gasteiger partial charge on any atom is 0.0306 e. The molecule has 3 atom stereocenters. The van der Waals surface area contributed by atoms with Crippen LogP contribution in [0, 0.1) is 11.3 Å². The lowest BCUT2D eigenvalue weighted by atomic mass is 9.87. The molecule has 0 saturated heterocycles. The molecule has 2 heteroatoms. The minimum Gasteiger partial charge on any atom is -0.329 e. The Labute approximate surface area is 113 Å². The highest BCUT2D eigenvalue weighted by atomic mass is 15.0. The van der Waals surface area contributed by atoms with Crippen LogP contribution < -0.4 is 11.1 Å². The van der Waals surface area contributed by atoms with Crippen molar-refractivity contribution in [2.45, 2.75) is 83.7 Å². The van der Waals surface area contributed by atoms with Gasteiger partial charge in [-0.05, 0) is 49.9 Å². The van der Waals surface area contributed by atoms with Crippen molar-refractivity contribution in [1.82, 2.24) is 5.32 Å². The summed E-state index contributed by atoms with van der Waals surface area (Å²) in [4.78, 5) is 0. The third-order valence-corrected chi connectivity index (χ3v) is 5.34. The molecule has 2 rings (SSSR count). The predicted octanol–water partition coefficient (Wildman–Crippen LogP) is 3.45. The Bertz CT molecular complexity index is 274. The molecular weight excluding hydrogens is 220 g/mol. The van der Waals surface area contributed by atoms with Crippen LogP contribution >= 0.6 is 0 Å². The first-order valence-corrected chi connectivity index (χ1v) is 7.93. The molecule has 18 heavy (non-hydrogen) atoms. The average Bonchev–Trinajstić information content (AvgIpc) is 2.54. The minimum atomic E-state index is 0.246. The van der Waals surface area contributed by atoms with Crippen LogP contribution in [0.3, 0.4) is 0 Å². The molecule has 0 aromatic heterocycles. The van der Waals surface area contributed by atoms with E-state index in [-0.39, 0.29) is 5.54 Å². The van der Waals surface area contributed by atoms with Crippen molar-refractivity contribution in [3.63, 3.8) is 0 Å². The van der Waals surface area contributed by atoms with Crippen LogP contribution in [0.2, 0.25) is 0 Å². The van der Waals surface area contributed by atoms with E-state index in [0.717, 1.165) is 12.5 Å². The summed E-state index contributed by atoms with van der Waals surface area (Å²) >= 11 is 0. The third-order valence-electron chi connectivity index (χ3n) is 5.34. The Hall–Kier alpha value is -0.0800. The molecule has 0 bridgehead atoms. The molecule has 3 N–H and O–H groups in total. The highest BCUT2D eigenvalue weighted by Gasteiger charge is 2.37. The van der Waals surface area contributed by atoms with Gasteiger partial charge in [-0.2, -0.15) is 0 Å². The highest BCUT2D eigenvalue weighted by Crippen LogP contribution is 2.39. The average molecular weight is 252 g/mol. The first-order valence-electron chi connectivity index (χ1n) is 7.93. The molecule has 106 valence electrons. The number of nitrogens with two attached hydrogens (primary N) is 1. The summed E-state index contributed by atoms with van der Waals surface area (Å²) in [6, 6.07) is 0.706. The van der Waals surface area contributed by atoms with Crippen molar-refractivity contribution in [2.24, 2.45) is 17.1 Å². The fraction of sp³-hybridized carbons (Fsp3) is 1.00. The molecule has 2 aliphatic carbocycles. The molecule has 2 saturated carbocycles. The summed E-state index contributed by atoms with van der Waals surface area (Å²) in [5, 5.41) is 3.97. The fourth-order valence-corrected chi connectivity index (χ4v) is 3.98. The SMILES string of the molecule is CC1CCCC(CN)(NC2CCC(C)(C)C2)CC1. The van der Waals surface area contributed by atoms with Gasteiger partial charge in [-0.25, -0.2) is 0 Å². The van der Waals surface area contributed by atoms with Gasteiger partial charge in [0, 0.05) is 18.1 Å². The van der Waals surface area contributed by atoms with Crippen LogP contribution in [-0.4, -0.2) is 18.1 Å². The minimum absolute atomic E-state index is 0.246. The third kappa shape index (κ3) is 3.48. The Balaban J connectivity index is 1.95. The molecule has 0 aromatic carbocycles. The number of rotatable bonds is 3. The van der Waals surface area contributed by atoms with Gasteiger partial charge < -0.3 is 11.1 Å². The lowest BCUT2D eigenvalue weighted by Crippen LogP contribution is -2.54. The van der Waals surface area contributed by atoms with Gasteiger partial charge in [0.05, 0.1) is 0 Å². The van der Waals surface area contributed by atoms with E-state index in [4.69, 9.17) is 5.73 Å². The standard InChI is InChI=1S/C16H32N2/c1-13-5-4-8-16(12-17,10-6-13)18-14-7-9-15(2,3)11-14/h13-14,18H,4-12,17H2,1-3H3. The first-order chi connectivity index (χ1) is 8.45. The summed E-state index contributed by atoms with van der Waals surface area (Å²) in [5.74, 6) is 0.889. The van der Waals surface area contributed by atoms with E-state index in [2.05, 4.69) is 26.1 Å². The molecule has 0 aliphatic heterocycles. The van der Waals surface area contributed by atoms with Gasteiger partial charge in [0.1, 0.15) is 0 Å². The molecule has 3 unspecified atom stereocenters. The zero-order valence-corrected chi connectivity index (χ0v) is 12.6. The van der Waals surface area contributed by atoms with Gasteiger partial charge in [0.25, 0.3) is 0 Å². The van der Waals surface area contributed by atoms with E-state index in [1.54, 1.807) is 0 Å². The Morgan fingerprint density at radius 3 is 2.50 bits per heavy atom. The van der Waals surface area contributed by atoms with E-state index in [1.807, 2.05) is 0 Å². The van der Waals surface area contributed by atoms with Gasteiger partial charge in [0.2, 0.25) is 0 Å². The second kappa shape index (κ2) is 5.50. The second-order valence-electron chi connectivity index (χ2n) is 7.77. The Kier molecular flexibility index (Phi) is 4.38. The number of nitrogens with one attached hydrogen (secondary N) is 1. The zero-order chi connectivity index (χ0) is 13.2. The lowest BCUT2D eigenvalue weighted by molar-refractivity contribution is 0.246. The van der Waals surface area contributed by atoms with Crippen molar-refractivity contribution in [2.75, 3.05) is 6.54 Å². The summed E-state index contributed by atoms with van der Waals surface area (Å²) in [6.45, 7) is 8.01. The summed E-state index contributed by atoms with van der Waals surface area (Å²) in [6.07, 6.45) is 10.7. The van der Waals surface area contributed by atoms with Crippen molar-refractivity contribution in [3.8, 4) is 0 Å². The molecule has 2 fully saturated rings. The molecule has 0 aromatic rings. The highest BCUT2D eigenvalue weighted by molar-refractivity contribution is 4.97. The van der Waals surface area contributed by atoms with E-state index in [0.29, 0.717) is 11.5 Å². The van der Waals surface area contributed by atoms with Gasteiger partial charge in [-0.3, -0.25) is 0 Å². The second-order valence-corrected chi connectivity index (χ2v) is 7.77. The number of hydrogen-bond acceptors (Lipinski definition) is 2. The van der Waals surface area contributed by atoms with Gasteiger partial charge >= 0.3 is 0 Å². The summed E-state index contributed by atoms with van der Waals surface area (Å²) in [5.41, 5.74) is 6.92. The lowest BCUT2D eigenvalue weighted by Gasteiger charge is -2.36. The van der Waals surface area contributed by atoms with Crippen LogP contribution in [0.15, 0.2) is 0 Å². The van der Waals surface area contributed by atoms with Crippen LogP contribution in [0.5, 0.6) is 0 Å². The van der Waals surface area contributed by atoms with Crippen molar-refractivity contribution in [1.29, 1.82) is 0 Å². The monoisotopic (exact) mass is 252 g/mol. The summed E-state index contributed by atoms with van der Waals surface area (Å²) < 4.78 is 0. The van der Waals surface area contributed by atoms with Crippen molar-refractivity contribution < 1.29 is 0 Å². The zero-order valence-electron chi connectivity index (χ0n) is 12.6. The van der Waals surface area contributed by atoms with Gasteiger partial charge in [0.15, 0.2) is 0 Å². The number of hydrogen-bond donors (Lipinski definition) is 2. The van der Waals surface area contributed by atoms with Crippen LogP contribution in [-0.2, 0) is 0 Å². The van der Waals surface area contributed by atoms with E-state index < -0.39 is 0 Å². The van der Waals surface area contributed by atoms with Gasteiger partial charge in [-0.1, -0.05) is 33.6 Å². The fourth-order valence-electron chi connectivity index (χ4n) is 3.98. The quantitative estimate of drug-likeness (QED) is 0.755. The predicted molar refractivity (Wildman–Crippen MR) is 78.6 cm³/mol. The van der Waals surface area contributed by atoms with Gasteiger partial charge in [-0.15, -0.1) is 0 Å². The molecular formula is C16H32N2. The van der Waals surface area contributed by atoms with E-state index in [9.17, 15) is 0 Å². The van der Waals surface area contributed by atoms with Crippen LogP contribution in [0.25, 0.3) is 0 Å². The van der Waals surface area contributed by atoms with E-state index >= 15 is 0 Å². The maximum absolute atomic E-state index is 6.14.